The highest BCUT2D eigenvalue weighted by atomic mass is 32.2. The first-order valence-corrected chi connectivity index (χ1v) is 7.93. The number of ether oxygens (including phenoxy) is 3. The third kappa shape index (κ3) is 4.27. The molecule has 0 spiro atoms. The standard InChI is InChI=1S/C15H18F3NO4S/c1-21-11-6-9(8-19-5-4-10(19)14(20)23-3)7-12(13(11)22-2)24-15(16,17)18/h6-7,10H,4-5,8H2,1-3H3. The number of rotatable bonds is 6. The molecule has 0 saturated carbocycles. The zero-order valence-electron chi connectivity index (χ0n) is 13.5. The highest BCUT2D eigenvalue weighted by Gasteiger charge is 2.36. The fourth-order valence-corrected chi connectivity index (χ4v) is 3.28. The summed E-state index contributed by atoms with van der Waals surface area (Å²) in [5, 5.41) is 0. The Morgan fingerprint density at radius 3 is 2.46 bits per heavy atom. The van der Waals surface area contributed by atoms with Crippen molar-refractivity contribution in [2.24, 2.45) is 0 Å². The number of carbonyl (C=O) groups excluding carboxylic acids is 1. The minimum atomic E-state index is -4.44. The summed E-state index contributed by atoms with van der Waals surface area (Å²) in [6.45, 7) is 1.00. The van der Waals surface area contributed by atoms with E-state index in [9.17, 15) is 18.0 Å². The van der Waals surface area contributed by atoms with Gasteiger partial charge in [-0.05, 0) is 35.9 Å². The Balaban J connectivity index is 2.27. The van der Waals surface area contributed by atoms with Gasteiger partial charge >= 0.3 is 11.5 Å². The normalized spacial score (nSPS) is 18.0. The molecule has 0 N–H and O–H groups in total. The van der Waals surface area contributed by atoms with Gasteiger partial charge in [0.2, 0.25) is 0 Å². The number of thioether (sulfide) groups is 1. The second-order valence-electron chi connectivity index (χ2n) is 5.18. The van der Waals surface area contributed by atoms with E-state index >= 15 is 0 Å². The summed E-state index contributed by atoms with van der Waals surface area (Å²) < 4.78 is 53.2. The van der Waals surface area contributed by atoms with Crippen LogP contribution < -0.4 is 9.47 Å². The van der Waals surface area contributed by atoms with Gasteiger partial charge in [-0.25, -0.2) is 0 Å². The number of carbonyl (C=O) groups is 1. The molecule has 1 unspecified atom stereocenters. The monoisotopic (exact) mass is 365 g/mol. The molecular formula is C15H18F3NO4S. The predicted molar refractivity (Wildman–Crippen MR) is 82.3 cm³/mol. The summed E-state index contributed by atoms with van der Waals surface area (Å²) in [4.78, 5) is 13.4. The molecule has 9 heteroatoms. The molecule has 1 aromatic carbocycles. The SMILES string of the molecule is COC(=O)C1CCN1Cc1cc(OC)c(OC)c(SC(F)(F)F)c1. The van der Waals surface area contributed by atoms with E-state index in [1.165, 1.54) is 27.4 Å². The second-order valence-corrected chi connectivity index (χ2v) is 6.28. The number of alkyl halides is 3. The highest BCUT2D eigenvalue weighted by Crippen LogP contribution is 2.46. The van der Waals surface area contributed by atoms with Crippen LogP contribution in [0, 0.1) is 0 Å². The molecule has 134 valence electrons. The summed E-state index contributed by atoms with van der Waals surface area (Å²) in [7, 11) is 3.97. The van der Waals surface area contributed by atoms with Gasteiger partial charge in [0.25, 0.3) is 0 Å². The Morgan fingerprint density at radius 1 is 1.29 bits per heavy atom. The van der Waals surface area contributed by atoms with Crippen LogP contribution in [0.4, 0.5) is 13.2 Å². The van der Waals surface area contributed by atoms with Crippen molar-refractivity contribution in [1.29, 1.82) is 0 Å². The Morgan fingerprint density at radius 2 is 2.00 bits per heavy atom. The largest absolute Gasteiger partial charge is 0.493 e. The lowest BCUT2D eigenvalue weighted by atomic mass is 10.0. The number of nitrogens with zero attached hydrogens (tertiary/aromatic N) is 1. The molecule has 5 nitrogen and oxygen atoms in total. The maximum Gasteiger partial charge on any atom is 0.446 e. The number of methoxy groups -OCH3 is 3. The van der Waals surface area contributed by atoms with E-state index in [-0.39, 0.29) is 40.2 Å². The van der Waals surface area contributed by atoms with Gasteiger partial charge in [-0.3, -0.25) is 9.69 Å². The first-order chi connectivity index (χ1) is 11.3. The van der Waals surface area contributed by atoms with Crippen molar-refractivity contribution in [3.63, 3.8) is 0 Å². The smallest absolute Gasteiger partial charge is 0.446 e. The summed E-state index contributed by atoms with van der Waals surface area (Å²) >= 11 is -0.255. The van der Waals surface area contributed by atoms with Crippen LogP contribution in [0.25, 0.3) is 0 Å². The molecule has 1 aliphatic heterocycles. The molecular weight excluding hydrogens is 347 g/mol. The maximum atomic E-state index is 12.8. The second kappa shape index (κ2) is 7.52. The predicted octanol–water partition coefficient (Wildman–Crippen LogP) is 3.06. The summed E-state index contributed by atoms with van der Waals surface area (Å²) in [6, 6.07) is 2.67. The zero-order chi connectivity index (χ0) is 17.9. The van der Waals surface area contributed by atoms with Crippen LogP contribution in [0.3, 0.4) is 0 Å². The van der Waals surface area contributed by atoms with Gasteiger partial charge in [-0.15, -0.1) is 0 Å². The van der Waals surface area contributed by atoms with Crippen molar-refractivity contribution in [3.8, 4) is 11.5 Å². The van der Waals surface area contributed by atoms with Gasteiger partial charge in [0.1, 0.15) is 6.04 Å². The van der Waals surface area contributed by atoms with Gasteiger partial charge in [-0.2, -0.15) is 13.2 Å². The third-order valence-corrected chi connectivity index (χ3v) is 4.47. The fourth-order valence-electron chi connectivity index (χ4n) is 2.54. The molecule has 0 aliphatic carbocycles. The first kappa shape index (κ1) is 18.7. The van der Waals surface area contributed by atoms with Gasteiger partial charge in [-0.1, -0.05) is 0 Å². The molecule has 1 saturated heterocycles. The van der Waals surface area contributed by atoms with Crippen molar-refractivity contribution in [2.75, 3.05) is 27.9 Å². The van der Waals surface area contributed by atoms with E-state index in [2.05, 4.69) is 0 Å². The molecule has 2 rings (SSSR count). The van der Waals surface area contributed by atoms with Crippen LogP contribution in [-0.4, -0.2) is 50.3 Å². The molecule has 0 aromatic heterocycles. The van der Waals surface area contributed by atoms with Crippen LogP contribution in [-0.2, 0) is 16.1 Å². The topological polar surface area (TPSA) is 48.0 Å². The lowest BCUT2D eigenvalue weighted by Crippen LogP contribution is -2.52. The number of hydrogen-bond donors (Lipinski definition) is 0. The third-order valence-electron chi connectivity index (χ3n) is 3.72. The van der Waals surface area contributed by atoms with Crippen LogP contribution >= 0.6 is 11.8 Å². The molecule has 0 bridgehead atoms. The number of halogens is 3. The molecule has 0 radical (unpaired) electrons. The van der Waals surface area contributed by atoms with Gasteiger partial charge in [0.05, 0.1) is 26.2 Å². The van der Waals surface area contributed by atoms with Crippen LogP contribution in [0.15, 0.2) is 17.0 Å². The number of benzene rings is 1. The molecule has 1 atom stereocenters. The van der Waals surface area contributed by atoms with Crippen LogP contribution in [0.1, 0.15) is 12.0 Å². The Labute approximate surface area is 142 Å². The van der Waals surface area contributed by atoms with Crippen LogP contribution in [0.2, 0.25) is 0 Å². The molecule has 1 fully saturated rings. The number of hydrogen-bond acceptors (Lipinski definition) is 6. The molecule has 1 aliphatic rings. The quantitative estimate of drug-likeness (QED) is 0.570. The Kier molecular flexibility index (Phi) is 5.87. The van der Waals surface area contributed by atoms with E-state index in [1.807, 2.05) is 4.90 Å². The average Bonchev–Trinajstić information content (AvgIpc) is 2.49. The zero-order valence-corrected chi connectivity index (χ0v) is 14.3. The molecule has 0 amide bonds. The van der Waals surface area contributed by atoms with Crippen molar-refractivity contribution >= 4 is 17.7 Å². The van der Waals surface area contributed by atoms with E-state index in [1.54, 1.807) is 6.07 Å². The molecule has 1 aromatic rings. The van der Waals surface area contributed by atoms with Gasteiger partial charge in [0, 0.05) is 13.1 Å². The number of esters is 1. The lowest BCUT2D eigenvalue weighted by molar-refractivity contribution is -0.152. The van der Waals surface area contributed by atoms with Crippen molar-refractivity contribution in [1.82, 2.24) is 4.90 Å². The highest BCUT2D eigenvalue weighted by molar-refractivity contribution is 8.00. The van der Waals surface area contributed by atoms with Gasteiger partial charge in [0.15, 0.2) is 11.5 Å². The molecule has 24 heavy (non-hydrogen) atoms. The summed E-state index contributed by atoms with van der Waals surface area (Å²) in [5.41, 5.74) is -3.84. The Bertz CT molecular complexity index is 609. The molecule has 1 heterocycles. The maximum absolute atomic E-state index is 12.8. The van der Waals surface area contributed by atoms with Gasteiger partial charge < -0.3 is 14.2 Å². The first-order valence-electron chi connectivity index (χ1n) is 7.11. The summed E-state index contributed by atoms with van der Waals surface area (Å²) in [6.07, 6.45) is 0.671. The van der Waals surface area contributed by atoms with Crippen molar-refractivity contribution < 1.29 is 32.2 Å². The van der Waals surface area contributed by atoms with E-state index in [4.69, 9.17) is 14.2 Å². The minimum Gasteiger partial charge on any atom is -0.493 e. The van der Waals surface area contributed by atoms with Crippen molar-refractivity contribution in [3.05, 3.63) is 17.7 Å². The van der Waals surface area contributed by atoms with Crippen molar-refractivity contribution in [2.45, 2.75) is 29.4 Å². The van der Waals surface area contributed by atoms with E-state index < -0.39 is 5.51 Å². The average molecular weight is 365 g/mol. The van der Waals surface area contributed by atoms with E-state index in [0.717, 1.165) is 0 Å². The fraction of sp³-hybridized carbons (Fsp3) is 0.533. The van der Waals surface area contributed by atoms with Crippen LogP contribution in [0.5, 0.6) is 11.5 Å². The number of likely N-dealkylation sites (tertiary alicyclic amines) is 1. The minimum absolute atomic E-state index is 0.0386. The summed E-state index contributed by atoms with van der Waals surface area (Å²) in [5.74, 6) is -0.0831. The lowest BCUT2D eigenvalue weighted by Gasteiger charge is -2.38. The Hall–Kier alpha value is -1.61. The van der Waals surface area contributed by atoms with E-state index in [0.29, 0.717) is 25.1 Å².